The molecule has 1 aliphatic heterocycles. The minimum Gasteiger partial charge on any atom is -0.497 e. The van der Waals surface area contributed by atoms with Crippen molar-refractivity contribution in [2.45, 2.75) is 30.6 Å². The van der Waals surface area contributed by atoms with Crippen molar-refractivity contribution >= 4 is 11.8 Å². The first kappa shape index (κ1) is 16.3. The highest BCUT2D eigenvalue weighted by Gasteiger charge is 2.19. The lowest BCUT2D eigenvalue weighted by atomic mass is 10.3. The van der Waals surface area contributed by atoms with Crippen molar-refractivity contribution < 1.29 is 9.47 Å². The highest BCUT2D eigenvalue weighted by molar-refractivity contribution is 7.99. The molecule has 1 aromatic carbocycles. The summed E-state index contributed by atoms with van der Waals surface area (Å²) in [6, 6.07) is 7.95. The normalized spacial score (nSPS) is 17.6. The van der Waals surface area contributed by atoms with E-state index in [-0.39, 0.29) is 0 Å². The maximum atomic E-state index is 5.70. The van der Waals surface area contributed by atoms with Gasteiger partial charge in [0.15, 0.2) is 11.0 Å². The molecule has 1 fully saturated rings. The quantitative estimate of drug-likeness (QED) is 0.784. The van der Waals surface area contributed by atoms with Crippen LogP contribution in [0.25, 0.3) is 5.69 Å². The second-order valence-electron chi connectivity index (χ2n) is 5.41. The summed E-state index contributed by atoms with van der Waals surface area (Å²) in [6.07, 6.45) is 2.60. The van der Waals surface area contributed by atoms with Crippen molar-refractivity contribution in [3.8, 4) is 11.4 Å². The Morgan fingerprint density at radius 2 is 2.35 bits per heavy atom. The molecule has 1 atom stereocenters. The van der Waals surface area contributed by atoms with Crippen LogP contribution >= 0.6 is 11.8 Å². The van der Waals surface area contributed by atoms with Crippen molar-refractivity contribution in [2.75, 3.05) is 26.5 Å². The zero-order chi connectivity index (χ0) is 16.1. The van der Waals surface area contributed by atoms with Gasteiger partial charge in [-0.25, -0.2) is 0 Å². The average Bonchev–Trinajstić information content (AvgIpc) is 3.23. The number of ether oxygens (including phenoxy) is 2. The topological polar surface area (TPSA) is 61.2 Å². The van der Waals surface area contributed by atoms with Crippen molar-refractivity contribution in [3.63, 3.8) is 0 Å². The molecule has 1 unspecified atom stereocenters. The number of nitrogens with zero attached hydrogens (tertiary/aromatic N) is 3. The van der Waals surface area contributed by atoms with Crippen LogP contribution in [0, 0.1) is 0 Å². The molecule has 1 aliphatic rings. The molecule has 0 saturated carbocycles. The monoisotopic (exact) mass is 334 g/mol. The number of methoxy groups -OCH3 is 1. The van der Waals surface area contributed by atoms with Gasteiger partial charge in [0.1, 0.15) is 5.75 Å². The molecular weight excluding hydrogens is 312 g/mol. The van der Waals surface area contributed by atoms with Crippen LogP contribution in [0.5, 0.6) is 5.75 Å². The Hall–Kier alpha value is -1.57. The Morgan fingerprint density at radius 3 is 3.09 bits per heavy atom. The second-order valence-corrected chi connectivity index (χ2v) is 6.40. The third kappa shape index (κ3) is 3.85. The molecule has 1 saturated heterocycles. The summed E-state index contributed by atoms with van der Waals surface area (Å²) in [6.45, 7) is 1.53. The molecule has 2 heterocycles. The number of aromatic nitrogens is 3. The predicted molar refractivity (Wildman–Crippen MR) is 90.4 cm³/mol. The highest BCUT2D eigenvalue weighted by Crippen LogP contribution is 2.27. The van der Waals surface area contributed by atoms with Gasteiger partial charge in [-0.3, -0.25) is 4.57 Å². The first-order chi connectivity index (χ1) is 11.3. The van der Waals surface area contributed by atoms with Gasteiger partial charge < -0.3 is 14.8 Å². The summed E-state index contributed by atoms with van der Waals surface area (Å²) in [7, 11) is 3.58. The summed E-state index contributed by atoms with van der Waals surface area (Å²) < 4.78 is 13.1. The van der Waals surface area contributed by atoms with Gasteiger partial charge in [0.05, 0.1) is 25.4 Å². The van der Waals surface area contributed by atoms with E-state index in [0.717, 1.165) is 47.6 Å². The minimum atomic E-state index is 0.322. The molecule has 124 valence electrons. The predicted octanol–water partition coefficient (Wildman–Crippen LogP) is 2.27. The van der Waals surface area contributed by atoms with Crippen molar-refractivity contribution in [1.29, 1.82) is 0 Å². The number of hydrogen-bond donors (Lipinski definition) is 1. The Balaban J connectivity index is 1.86. The average molecular weight is 334 g/mol. The molecule has 3 rings (SSSR count). The summed E-state index contributed by atoms with van der Waals surface area (Å²) in [5.74, 6) is 2.61. The van der Waals surface area contributed by atoms with E-state index >= 15 is 0 Å². The fraction of sp³-hybridized carbons (Fsp3) is 0.500. The van der Waals surface area contributed by atoms with Gasteiger partial charge in [0.25, 0.3) is 0 Å². The Kier molecular flexibility index (Phi) is 5.53. The molecule has 0 bridgehead atoms. The number of thioether (sulfide) groups is 1. The Labute approximate surface area is 140 Å². The lowest BCUT2D eigenvalue weighted by molar-refractivity contribution is 0.129. The Bertz CT molecular complexity index is 641. The fourth-order valence-electron chi connectivity index (χ4n) is 2.62. The number of nitrogens with one attached hydrogen (secondary N) is 1. The van der Waals surface area contributed by atoms with E-state index in [2.05, 4.69) is 20.1 Å². The van der Waals surface area contributed by atoms with Crippen molar-refractivity contribution in [1.82, 2.24) is 20.1 Å². The van der Waals surface area contributed by atoms with Gasteiger partial charge in [0.2, 0.25) is 0 Å². The second kappa shape index (κ2) is 7.81. The molecule has 1 aromatic heterocycles. The highest BCUT2D eigenvalue weighted by atomic mass is 32.2. The SMILES string of the molecule is CNCc1nnc(SCC2CCCO2)n1-c1cccc(OC)c1. The summed E-state index contributed by atoms with van der Waals surface area (Å²) >= 11 is 1.70. The van der Waals surface area contributed by atoms with Crippen LogP contribution in [-0.2, 0) is 11.3 Å². The van der Waals surface area contributed by atoms with Crippen LogP contribution in [-0.4, -0.2) is 47.4 Å². The summed E-state index contributed by atoms with van der Waals surface area (Å²) in [4.78, 5) is 0. The van der Waals surface area contributed by atoms with Crippen molar-refractivity contribution in [2.24, 2.45) is 0 Å². The van der Waals surface area contributed by atoms with Crippen LogP contribution < -0.4 is 10.1 Å². The largest absolute Gasteiger partial charge is 0.497 e. The third-order valence-corrected chi connectivity index (χ3v) is 4.83. The molecular formula is C16H22N4O2S. The molecule has 2 aromatic rings. The first-order valence-electron chi connectivity index (χ1n) is 7.79. The molecule has 7 heteroatoms. The zero-order valence-corrected chi connectivity index (χ0v) is 14.3. The lowest BCUT2D eigenvalue weighted by Gasteiger charge is -2.12. The number of rotatable bonds is 7. The molecule has 1 N–H and O–H groups in total. The van der Waals surface area contributed by atoms with E-state index < -0.39 is 0 Å². The minimum absolute atomic E-state index is 0.322. The number of benzene rings is 1. The van der Waals surface area contributed by atoms with E-state index in [4.69, 9.17) is 9.47 Å². The zero-order valence-electron chi connectivity index (χ0n) is 13.5. The first-order valence-corrected chi connectivity index (χ1v) is 8.78. The van der Waals surface area contributed by atoms with Crippen LogP contribution in [0.2, 0.25) is 0 Å². The molecule has 0 amide bonds. The van der Waals surface area contributed by atoms with Crippen LogP contribution in [0.1, 0.15) is 18.7 Å². The lowest BCUT2D eigenvalue weighted by Crippen LogP contribution is -2.13. The number of hydrogen-bond acceptors (Lipinski definition) is 6. The molecule has 23 heavy (non-hydrogen) atoms. The Morgan fingerprint density at radius 1 is 1.43 bits per heavy atom. The smallest absolute Gasteiger partial charge is 0.195 e. The van der Waals surface area contributed by atoms with Gasteiger partial charge >= 0.3 is 0 Å². The van der Waals surface area contributed by atoms with Gasteiger partial charge in [-0.15, -0.1) is 10.2 Å². The van der Waals surface area contributed by atoms with Crippen LogP contribution in [0.4, 0.5) is 0 Å². The van der Waals surface area contributed by atoms with Gasteiger partial charge in [0, 0.05) is 18.4 Å². The van der Waals surface area contributed by atoms with E-state index in [1.807, 2.05) is 31.3 Å². The van der Waals surface area contributed by atoms with E-state index in [0.29, 0.717) is 12.6 Å². The maximum Gasteiger partial charge on any atom is 0.195 e. The summed E-state index contributed by atoms with van der Waals surface area (Å²) in [5, 5.41) is 12.7. The summed E-state index contributed by atoms with van der Waals surface area (Å²) in [5.41, 5.74) is 1.01. The maximum absolute atomic E-state index is 5.70. The van der Waals surface area contributed by atoms with Crippen molar-refractivity contribution in [3.05, 3.63) is 30.1 Å². The van der Waals surface area contributed by atoms with Crippen LogP contribution in [0.15, 0.2) is 29.4 Å². The van der Waals surface area contributed by atoms with E-state index in [1.165, 1.54) is 0 Å². The fourth-order valence-corrected chi connectivity index (χ4v) is 3.65. The molecule has 6 nitrogen and oxygen atoms in total. The molecule has 0 spiro atoms. The standard InChI is InChI=1S/C16H22N4O2S/c1-17-10-15-18-19-16(23-11-14-7-4-8-22-14)20(15)12-5-3-6-13(9-12)21-2/h3,5-6,9,14,17H,4,7-8,10-11H2,1-2H3. The van der Waals surface area contributed by atoms with Crippen LogP contribution in [0.3, 0.4) is 0 Å². The molecule has 0 aliphatic carbocycles. The van der Waals surface area contributed by atoms with Gasteiger partial charge in [-0.05, 0) is 32.0 Å². The third-order valence-electron chi connectivity index (χ3n) is 3.77. The van der Waals surface area contributed by atoms with Gasteiger partial charge in [-0.1, -0.05) is 17.8 Å². The van der Waals surface area contributed by atoms with E-state index in [1.54, 1.807) is 18.9 Å². The van der Waals surface area contributed by atoms with E-state index in [9.17, 15) is 0 Å². The molecule has 0 radical (unpaired) electrons. The van der Waals surface area contributed by atoms with Gasteiger partial charge in [-0.2, -0.15) is 0 Å².